The van der Waals surface area contributed by atoms with E-state index < -0.39 is 5.91 Å². The number of hydrogen-bond acceptors (Lipinski definition) is 5. The van der Waals surface area contributed by atoms with Crippen LogP contribution >= 0.6 is 23.2 Å². The summed E-state index contributed by atoms with van der Waals surface area (Å²) in [5.41, 5.74) is 1.44. The summed E-state index contributed by atoms with van der Waals surface area (Å²) in [4.78, 5) is 20.7. The van der Waals surface area contributed by atoms with Crippen molar-refractivity contribution in [3.8, 4) is 11.4 Å². The van der Waals surface area contributed by atoms with Gasteiger partial charge in [0.15, 0.2) is 12.3 Å². The number of rotatable bonds is 5. The molecule has 1 amide bonds. The topological polar surface area (TPSA) is 81.9 Å². The molecule has 0 aliphatic rings. The number of aromatic nitrogens is 4. The zero-order valence-corrected chi connectivity index (χ0v) is 15.9. The molecule has 0 saturated carbocycles. The molecule has 140 valence electrons. The summed E-state index contributed by atoms with van der Waals surface area (Å²) in [6, 6.07) is 14.3. The van der Waals surface area contributed by atoms with Crippen LogP contribution in [0.3, 0.4) is 0 Å². The Balaban J connectivity index is 1.52. The van der Waals surface area contributed by atoms with Gasteiger partial charge in [-0.05, 0) is 30.3 Å². The zero-order chi connectivity index (χ0) is 19.5. The van der Waals surface area contributed by atoms with E-state index in [2.05, 4.69) is 20.4 Å². The van der Waals surface area contributed by atoms with Crippen molar-refractivity contribution in [1.29, 1.82) is 0 Å². The van der Waals surface area contributed by atoms with Crippen molar-refractivity contribution in [3.05, 3.63) is 71.1 Å². The van der Waals surface area contributed by atoms with Crippen LogP contribution in [-0.4, -0.2) is 32.3 Å². The fourth-order valence-electron chi connectivity index (χ4n) is 2.61. The van der Waals surface area contributed by atoms with Gasteiger partial charge in [-0.1, -0.05) is 41.4 Å². The van der Waals surface area contributed by atoms with Gasteiger partial charge in [0, 0.05) is 5.02 Å². The first-order valence-corrected chi connectivity index (χ1v) is 8.99. The van der Waals surface area contributed by atoms with Crippen molar-refractivity contribution >= 4 is 46.0 Å². The van der Waals surface area contributed by atoms with Crippen LogP contribution in [0.2, 0.25) is 10.0 Å². The Labute approximate surface area is 169 Å². The summed E-state index contributed by atoms with van der Waals surface area (Å²) in [5.74, 6) is 0.326. The number of anilines is 1. The Bertz CT molecular complexity index is 1150. The molecule has 0 atom stereocenters. The number of halogens is 2. The molecule has 0 aliphatic carbocycles. The van der Waals surface area contributed by atoms with Crippen LogP contribution in [0.15, 0.2) is 61.1 Å². The second-order valence-corrected chi connectivity index (χ2v) is 6.61. The Morgan fingerprint density at radius 1 is 1.11 bits per heavy atom. The van der Waals surface area contributed by atoms with E-state index in [1.807, 2.05) is 30.3 Å². The Morgan fingerprint density at radius 3 is 2.71 bits per heavy atom. The highest BCUT2D eigenvalue weighted by Crippen LogP contribution is 2.27. The second kappa shape index (κ2) is 7.84. The average Bonchev–Trinajstić information content (AvgIpc) is 3.13. The minimum Gasteiger partial charge on any atom is -0.482 e. The maximum absolute atomic E-state index is 12.3. The van der Waals surface area contributed by atoms with Crippen molar-refractivity contribution in [2.75, 3.05) is 11.9 Å². The lowest BCUT2D eigenvalue weighted by Gasteiger charge is -2.09. The number of amides is 1. The van der Waals surface area contributed by atoms with E-state index in [0.717, 1.165) is 5.69 Å². The molecule has 0 aliphatic heterocycles. The monoisotopic (exact) mass is 413 g/mol. The van der Waals surface area contributed by atoms with E-state index in [1.165, 1.54) is 6.33 Å². The predicted molar refractivity (Wildman–Crippen MR) is 107 cm³/mol. The van der Waals surface area contributed by atoms with E-state index in [-0.39, 0.29) is 6.61 Å². The summed E-state index contributed by atoms with van der Waals surface area (Å²) in [6.07, 6.45) is 2.98. The van der Waals surface area contributed by atoms with Crippen LogP contribution in [0.5, 0.6) is 5.75 Å². The van der Waals surface area contributed by atoms with E-state index in [1.54, 1.807) is 29.1 Å². The zero-order valence-electron chi connectivity index (χ0n) is 14.3. The van der Waals surface area contributed by atoms with Crippen molar-refractivity contribution in [1.82, 2.24) is 19.7 Å². The van der Waals surface area contributed by atoms with E-state index in [0.29, 0.717) is 32.6 Å². The molecule has 2 aromatic carbocycles. The molecule has 2 heterocycles. The van der Waals surface area contributed by atoms with Gasteiger partial charge in [-0.25, -0.2) is 14.6 Å². The third-order valence-corrected chi connectivity index (χ3v) is 4.41. The normalized spacial score (nSPS) is 10.8. The standard InChI is InChI=1S/C19H13Cl2N5O2/c20-12-6-7-16(15(21)8-12)28-10-17(27)25-18-14-9-24-26(19(14)23-11-22-18)13-4-2-1-3-5-13/h1-9,11H,10H2,(H,22,23,25,27). The van der Waals surface area contributed by atoms with Crippen LogP contribution in [0.25, 0.3) is 16.7 Å². The molecule has 2 aromatic heterocycles. The molecule has 7 nitrogen and oxygen atoms in total. The van der Waals surface area contributed by atoms with Crippen molar-refractivity contribution < 1.29 is 9.53 Å². The first-order chi connectivity index (χ1) is 13.6. The number of carbonyl (C=O) groups excluding carboxylic acids is 1. The second-order valence-electron chi connectivity index (χ2n) is 5.76. The molecule has 4 rings (SSSR count). The number of nitrogens with zero attached hydrogens (tertiary/aromatic N) is 4. The van der Waals surface area contributed by atoms with Gasteiger partial charge in [-0.2, -0.15) is 5.10 Å². The van der Waals surface area contributed by atoms with Crippen molar-refractivity contribution in [2.45, 2.75) is 0 Å². The number of para-hydroxylation sites is 1. The molecule has 28 heavy (non-hydrogen) atoms. The summed E-state index contributed by atoms with van der Waals surface area (Å²) in [5, 5.41) is 8.49. The maximum atomic E-state index is 12.3. The minimum absolute atomic E-state index is 0.236. The third kappa shape index (κ3) is 3.76. The summed E-state index contributed by atoms with van der Waals surface area (Å²) in [7, 11) is 0. The molecule has 9 heteroatoms. The molecule has 0 radical (unpaired) electrons. The lowest BCUT2D eigenvalue weighted by molar-refractivity contribution is -0.118. The van der Waals surface area contributed by atoms with Gasteiger partial charge in [-0.3, -0.25) is 4.79 Å². The lowest BCUT2D eigenvalue weighted by atomic mass is 10.3. The molecular weight excluding hydrogens is 401 g/mol. The van der Waals surface area contributed by atoms with Gasteiger partial charge in [0.25, 0.3) is 5.91 Å². The number of carbonyl (C=O) groups is 1. The van der Waals surface area contributed by atoms with Gasteiger partial charge in [0.2, 0.25) is 0 Å². The van der Waals surface area contributed by atoms with Gasteiger partial charge >= 0.3 is 0 Å². The van der Waals surface area contributed by atoms with E-state index in [9.17, 15) is 4.79 Å². The fourth-order valence-corrected chi connectivity index (χ4v) is 3.07. The summed E-state index contributed by atoms with van der Waals surface area (Å²) in [6.45, 7) is -0.236. The highest BCUT2D eigenvalue weighted by atomic mass is 35.5. The fraction of sp³-hybridized carbons (Fsp3) is 0.0526. The highest BCUT2D eigenvalue weighted by molar-refractivity contribution is 6.35. The van der Waals surface area contributed by atoms with Crippen molar-refractivity contribution in [2.24, 2.45) is 0 Å². The maximum Gasteiger partial charge on any atom is 0.263 e. The largest absolute Gasteiger partial charge is 0.482 e. The summed E-state index contributed by atoms with van der Waals surface area (Å²) < 4.78 is 7.12. The number of hydrogen-bond donors (Lipinski definition) is 1. The van der Waals surface area contributed by atoms with E-state index >= 15 is 0 Å². The number of ether oxygens (including phenoxy) is 1. The van der Waals surface area contributed by atoms with Crippen LogP contribution in [-0.2, 0) is 4.79 Å². The van der Waals surface area contributed by atoms with Crippen LogP contribution in [0, 0.1) is 0 Å². The first kappa shape index (κ1) is 18.2. The smallest absolute Gasteiger partial charge is 0.263 e. The quantitative estimate of drug-likeness (QED) is 0.531. The van der Waals surface area contributed by atoms with Gasteiger partial charge in [0.05, 0.1) is 22.3 Å². The number of benzene rings is 2. The van der Waals surface area contributed by atoms with Crippen molar-refractivity contribution in [3.63, 3.8) is 0 Å². The molecule has 0 unspecified atom stereocenters. The molecule has 4 aromatic rings. The Hall–Kier alpha value is -3.16. The van der Waals surface area contributed by atoms with Crippen LogP contribution < -0.4 is 10.1 Å². The van der Waals surface area contributed by atoms with Gasteiger partial charge in [0.1, 0.15) is 17.9 Å². The molecule has 0 spiro atoms. The van der Waals surface area contributed by atoms with Crippen LogP contribution in [0.1, 0.15) is 0 Å². The molecule has 0 bridgehead atoms. The SMILES string of the molecule is O=C(COc1ccc(Cl)cc1Cl)Nc1ncnc2c1cnn2-c1ccccc1. The Morgan fingerprint density at radius 2 is 1.93 bits per heavy atom. The van der Waals surface area contributed by atoms with Gasteiger partial charge in [-0.15, -0.1) is 0 Å². The Kier molecular flexibility index (Phi) is 5.10. The number of fused-ring (bicyclic) bond motifs is 1. The lowest BCUT2D eigenvalue weighted by Crippen LogP contribution is -2.21. The van der Waals surface area contributed by atoms with Crippen LogP contribution in [0.4, 0.5) is 5.82 Å². The minimum atomic E-state index is -0.390. The summed E-state index contributed by atoms with van der Waals surface area (Å²) >= 11 is 11.9. The molecule has 0 saturated heterocycles. The van der Waals surface area contributed by atoms with Gasteiger partial charge < -0.3 is 10.1 Å². The third-order valence-electron chi connectivity index (χ3n) is 3.88. The van der Waals surface area contributed by atoms with E-state index in [4.69, 9.17) is 27.9 Å². The number of nitrogens with one attached hydrogen (secondary N) is 1. The average molecular weight is 414 g/mol. The molecule has 1 N–H and O–H groups in total. The molecular formula is C19H13Cl2N5O2. The molecule has 0 fully saturated rings. The predicted octanol–water partition coefficient (Wildman–Crippen LogP) is 4.14. The first-order valence-electron chi connectivity index (χ1n) is 8.23. The highest BCUT2D eigenvalue weighted by Gasteiger charge is 2.14.